The number of anilines is 1. The first-order valence-corrected chi connectivity index (χ1v) is 10.2. The molecule has 2 aromatic heterocycles. The lowest BCUT2D eigenvalue weighted by Gasteiger charge is -2.25. The van der Waals surface area contributed by atoms with Crippen molar-refractivity contribution in [2.24, 2.45) is 5.92 Å². The summed E-state index contributed by atoms with van der Waals surface area (Å²) in [5, 5.41) is 8.11. The maximum atomic E-state index is 12.7. The fraction of sp³-hybridized carbons (Fsp3) is 0.526. The maximum Gasteiger partial charge on any atom is 0.287 e. The second-order valence-corrected chi connectivity index (χ2v) is 8.00. The van der Waals surface area contributed by atoms with Gasteiger partial charge in [-0.05, 0) is 44.0 Å². The quantitative estimate of drug-likeness (QED) is 0.758. The summed E-state index contributed by atoms with van der Waals surface area (Å²) in [6.45, 7) is 6.79. The topological polar surface area (TPSA) is 87.5 Å². The Hall–Kier alpha value is -2.19. The van der Waals surface area contributed by atoms with Crippen LogP contribution >= 0.6 is 11.3 Å². The molecule has 0 saturated carbocycles. The van der Waals surface area contributed by atoms with E-state index in [0.29, 0.717) is 5.13 Å². The second kappa shape index (κ2) is 9.14. The van der Waals surface area contributed by atoms with Crippen LogP contribution in [0, 0.1) is 5.92 Å². The lowest BCUT2D eigenvalue weighted by atomic mass is 10.0. The van der Waals surface area contributed by atoms with E-state index in [4.69, 9.17) is 4.42 Å². The van der Waals surface area contributed by atoms with E-state index in [1.54, 1.807) is 12.1 Å². The average Bonchev–Trinajstić information content (AvgIpc) is 3.32. The van der Waals surface area contributed by atoms with Crippen LogP contribution < -0.4 is 10.6 Å². The standard InChI is InChI=1S/C19H26N4O3S/c1-13(2)16(21-17(24)15-7-6-10-26-15)18(25)22-19-20-14(12-27-19)11-23-8-4-3-5-9-23/h6-7,10,12-13,16H,3-5,8-9,11H2,1-2H3,(H,21,24)(H,20,22,25)/t16-/m1/s1. The molecule has 1 aliphatic rings. The lowest BCUT2D eigenvalue weighted by Crippen LogP contribution is -2.47. The Morgan fingerprint density at radius 1 is 1.30 bits per heavy atom. The number of furan rings is 1. The molecule has 0 aliphatic carbocycles. The molecule has 8 heteroatoms. The van der Waals surface area contributed by atoms with Crippen molar-refractivity contribution in [3.8, 4) is 0 Å². The molecule has 0 bridgehead atoms. The highest BCUT2D eigenvalue weighted by atomic mass is 32.1. The van der Waals surface area contributed by atoms with Gasteiger partial charge in [0.2, 0.25) is 5.91 Å². The Morgan fingerprint density at radius 3 is 2.74 bits per heavy atom. The van der Waals surface area contributed by atoms with Gasteiger partial charge in [0.05, 0.1) is 12.0 Å². The number of thiazole rings is 1. The fourth-order valence-electron chi connectivity index (χ4n) is 3.12. The minimum Gasteiger partial charge on any atom is -0.459 e. The third-order valence-corrected chi connectivity index (χ3v) is 5.40. The van der Waals surface area contributed by atoms with Gasteiger partial charge in [-0.15, -0.1) is 11.3 Å². The van der Waals surface area contributed by atoms with Gasteiger partial charge in [0.1, 0.15) is 6.04 Å². The largest absolute Gasteiger partial charge is 0.459 e. The predicted molar refractivity (Wildman–Crippen MR) is 105 cm³/mol. The molecule has 1 aliphatic heterocycles. The molecule has 0 spiro atoms. The van der Waals surface area contributed by atoms with Gasteiger partial charge in [-0.3, -0.25) is 14.5 Å². The zero-order valence-electron chi connectivity index (χ0n) is 15.7. The van der Waals surface area contributed by atoms with Crippen LogP contribution in [0.5, 0.6) is 0 Å². The van der Waals surface area contributed by atoms with Crippen LogP contribution in [0.4, 0.5) is 5.13 Å². The number of hydrogen-bond donors (Lipinski definition) is 2. The van der Waals surface area contributed by atoms with Gasteiger partial charge in [-0.1, -0.05) is 20.3 Å². The van der Waals surface area contributed by atoms with E-state index in [-0.39, 0.29) is 17.6 Å². The number of nitrogens with one attached hydrogen (secondary N) is 2. The van der Waals surface area contributed by atoms with E-state index >= 15 is 0 Å². The first-order valence-electron chi connectivity index (χ1n) is 9.35. The van der Waals surface area contributed by atoms with E-state index in [9.17, 15) is 9.59 Å². The molecule has 7 nitrogen and oxygen atoms in total. The van der Waals surface area contributed by atoms with Crippen LogP contribution in [0.2, 0.25) is 0 Å². The minimum absolute atomic E-state index is 0.0725. The normalized spacial score (nSPS) is 16.3. The third-order valence-electron chi connectivity index (χ3n) is 4.60. The number of hydrogen-bond acceptors (Lipinski definition) is 6. The Labute approximate surface area is 163 Å². The summed E-state index contributed by atoms with van der Waals surface area (Å²) in [6, 6.07) is 2.54. The first kappa shape index (κ1) is 19.6. The van der Waals surface area contributed by atoms with Gasteiger partial charge in [0.15, 0.2) is 10.9 Å². The molecule has 2 aromatic rings. The number of carbonyl (C=O) groups is 2. The molecule has 27 heavy (non-hydrogen) atoms. The molecule has 0 radical (unpaired) electrons. The lowest BCUT2D eigenvalue weighted by molar-refractivity contribution is -0.118. The summed E-state index contributed by atoms with van der Waals surface area (Å²) in [4.78, 5) is 31.8. The number of piperidine rings is 1. The van der Waals surface area contributed by atoms with Gasteiger partial charge in [-0.2, -0.15) is 0 Å². The molecular weight excluding hydrogens is 364 g/mol. The Morgan fingerprint density at radius 2 is 2.07 bits per heavy atom. The van der Waals surface area contributed by atoms with Crippen LogP contribution in [-0.4, -0.2) is 40.8 Å². The predicted octanol–water partition coefficient (Wildman–Crippen LogP) is 3.12. The second-order valence-electron chi connectivity index (χ2n) is 7.14. The highest BCUT2D eigenvalue weighted by molar-refractivity contribution is 7.13. The molecule has 2 amide bonds. The Balaban J connectivity index is 1.57. The van der Waals surface area contributed by atoms with Crippen molar-refractivity contribution in [1.29, 1.82) is 0 Å². The van der Waals surface area contributed by atoms with Gasteiger partial charge in [0, 0.05) is 11.9 Å². The van der Waals surface area contributed by atoms with Gasteiger partial charge in [-0.25, -0.2) is 4.98 Å². The molecule has 0 unspecified atom stereocenters. The Kier molecular flexibility index (Phi) is 6.63. The number of likely N-dealkylation sites (tertiary alicyclic amines) is 1. The SMILES string of the molecule is CC(C)[C@@H](NC(=O)c1ccco1)C(=O)Nc1nc(CN2CCCCC2)cs1. The van der Waals surface area contributed by atoms with Crippen LogP contribution in [0.3, 0.4) is 0 Å². The van der Waals surface area contributed by atoms with Crippen molar-refractivity contribution in [2.45, 2.75) is 45.7 Å². The minimum atomic E-state index is -0.669. The molecule has 3 rings (SSSR count). The van der Waals surface area contributed by atoms with Gasteiger partial charge >= 0.3 is 0 Å². The highest BCUT2D eigenvalue weighted by Gasteiger charge is 2.26. The fourth-order valence-corrected chi connectivity index (χ4v) is 3.83. The van der Waals surface area contributed by atoms with E-state index in [2.05, 4.69) is 20.5 Å². The summed E-state index contributed by atoms with van der Waals surface area (Å²) >= 11 is 1.41. The van der Waals surface area contributed by atoms with Crippen LogP contribution in [-0.2, 0) is 11.3 Å². The molecule has 1 atom stereocenters. The van der Waals surface area contributed by atoms with Crippen molar-refractivity contribution < 1.29 is 14.0 Å². The molecular formula is C19H26N4O3S. The number of carbonyl (C=O) groups excluding carboxylic acids is 2. The highest BCUT2D eigenvalue weighted by Crippen LogP contribution is 2.19. The van der Waals surface area contributed by atoms with Gasteiger partial charge < -0.3 is 15.1 Å². The molecule has 2 N–H and O–H groups in total. The summed E-state index contributed by atoms with van der Waals surface area (Å²) in [5.74, 6) is -0.564. The van der Waals surface area contributed by atoms with Crippen LogP contribution in [0.1, 0.15) is 49.4 Å². The van der Waals surface area contributed by atoms with Crippen molar-refractivity contribution >= 4 is 28.3 Å². The summed E-state index contributed by atoms with van der Waals surface area (Å²) < 4.78 is 5.09. The zero-order chi connectivity index (χ0) is 19.2. The van der Waals surface area contributed by atoms with E-state index < -0.39 is 11.9 Å². The number of rotatable bonds is 7. The molecule has 1 saturated heterocycles. The zero-order valence-corrected chi connectivity index (χ0v) is 16.6. The molecule has 146 valence electrons. The number of nitrogens with zero attached hydrogens (tertiary/aromatic N) is 2. The molecule has 0 aromatic carbocycles. The number of aromatic nitrogens is 1. The first-order chi connectivity index (χ1) is 13.0. The van der Waals surface area contributed by atoms with Crippen molar-refractivity contribution in [1.82, 2.24) is 15.2 Å². The third kappa shape index (κ3) is 5.40. The van der Waals surface area contributed by atoms with E-state index in [0.717, 1.165) is 25.3 Å². The van der Waals surface area contributed by atoms with Crippen molar-refractivity contribution in [2.75, 3.05) is 18.4 Å². The van der Waals surface area contributed by atoms with Crippen LogP contribution in [0.15, 0.2) is 28.2 Å². The van der Waals surface area contributed by atoms with E-state index in [1.165, 1.54) is 36.9 Å². The Bertz CT molecular complexity index is 751. The van der Waals surface area contributed by atoms with Crippen molar-refractivity contribution in [3.63, 3.8) is 0 Å². The maximum absolute atomic E-state index is 12.7. The van der Waals surface area contributed by atoms with Crippen LogP contribution in [0.25, 0.3) is 0 Å². The molecule has 3 heterocycles. The van der Waals surface area contributed by atoms with Gasteiger partial charge in [0.25, 0.3) is 5.91 Å². The smallest absolute Gasteiger partial charge is 0.287 e. The average molecular weight is 391 g/mol. The summed E-state index contributed by atoms with van der Waals surface area (Å²) in [7, 11) is 0. The van der Waals surface area contributed by atoms with Crippen molar-refractivity contribution in [3.05, 3.63) is 35.2 Å². The monoisotopic (exact) mass is 390 g/mol. The van der Waals surface area contributed by atoms with E-state index in [1.807, 2.05) is 19.2 Å². The number of amides is 2. The summed E-state index contributed by atoms with van der Waals surface area (Å²) in [5.41, 5.74) is 0.970. The molecule has 1 fully saturated rings. The summed E-state index contributed by atoms with van der Waals surface area (Å²) in [6.07, 6.45) is 5.20.